The SMILES string of the molecule is [NH2-].[NH2-].[NH2-].[NH2-].[Rh+3]. The fourth-order valence-electron chi connectivity index (χ4n) is 0. The van der Waals surface area contributed by atoms with Crippen molar-refractivity contribution in [2.45, 2.75) is 0 Å². The monoisotopic (exact) mass is 167 g/mol. The average molecular weight is 167 g/mol. The summed E-state index contributed by atoms with van der Waals surface area (Å²) in [6, 6.07) is 0. The van der Waals surface area contributed by atoms with E-state index in [4.69, 9.17) is 0 Å². The maximum Gasteiger partial charge on any atom is 3.00 e. The van der Waals surface area contributed by atoms with Gasteiger partial charge in [-0.2, -0.15) is 0 Å². The summed E-state index contributed by atoms with van der Waals surface area (Å²) in [7, 11) is 0. The van der Waals surface area contributed by atoms with Crippen LogP contribution in [0.4, 0.5) is 0 Å². The molecule has 0 atom stereocenters. The maximum atomic E-state index is 0. The fraction of sp³-hybridized carbons (Fsp3) is 0. The summed E-state index contributed by atoms with van der Waals surface area (Å²) in [4.78, 5) is 0. The van der Waals surface area contributed by atoms with Gasteiger partial charge in [0.2, 0.25) is 0 Å². The Morgan fingerprint density at radius 2 is 0.400 bits per heavy atom. The van der Waals surface area contributed by atoms with Gasteiger partial charge in [-0.15, -0.1) is 0 Å². The van der Waals surface area contributed by atoms with Crippen LogP contribution in [0.5, 0.6) is 0 Å². The van der Waals surface area contributed by atoms with E-state index in [1.165, 1.54) is 0 Å². The maximum absolute atomic E-state index is 0. The van der Waals surface area contributed by atoms with Gasteiger partial charge in [0.15, 0.2) is 0 Å². The van der Waals surface area contributed by atoms with Gasteiger partial charge in [-0.1, -0.05) is 0 Å². The van der Waals surface area contributed by atoms with Crippen LogP contribution in [0.15, 0.2) is 0 Å². The summed E-state index contributed by atoms with van der Waals surface area (Å²) in [5, 5.41) is 0. The van der Waals surface area contributed by atoms with E-state index in [0.29, 0.717) is 0 Å². The van der Waals surface area contributed by atoms with E-state index in [-0.39, 0.29) is 44.1 Å². The van der Waals surface area contributed by atoms with Crippen molar-refractivity contribution in [3.05, 3.63) is 24.6 Å². The molecule has 0 saturated heterocycles. The van der Waals surface area contributed by atoms with Crippen LogP contribution >= 0.6 is 0 Å². The van der Waals surface area contributed by atoms with Gasteiger partial charge in [-0.3, -0.25) is 0 Å². The zero-order chi connectivity index (χ0) is 0. The van der Waals surface area contributed by atoms with Crippen LogP contribution in [-0.2, 0) is 19.5 Å². The third-order valence-corrected chi connectivity index (χ3v) is 0. The molecule has 0 aromatic carbocycles. The smallest absolute Gasteiger partial charge is 0.693 e. The molecule has 0 aromatic heterocycles. The Labute approximate surface area is 44.8 Å². The van der Waals surface area contributed by atoms with Crippen molar-refractivity contribution >= 4 is 0 Å². The molecule has 0 heterocycles. The molecule has 0 aromatic rings. The molecule has 0 unspecified atom stereocenters. The van der Waals surface area contributed by atoms with Gasteiger partial charge < -0.3 is 24.6 Å². The van der Waals surface area contributed by atoms with E-state index in [1.807, 2.05) is 0 Å². The van der Waals surface area contributed by atoms with Gasteiger partial charge in [0.05, 0.1) is 0 Å². The normalized spacial score (nSPS) is 0. The zero-order valence-corrected chi connectivity index (χ0v) is 4.28. The number of hydrogen-bond acceptors (Lipinski definition) is 0. The number of rotatable bonds is 0. The molecular formula is H8N4Rh-. The number of hydrogen-bond donors (Lipinski definition) is 0. The Kier molecular flexibility index (Phi) is 25300. The second-order valence-corrected chi connectivity index (χ2v) is 0. The molecule has 0 aliphatic rings. The molecule has 5 heavy (non-hydrogen) atoms. The predicted octanol–water partition coefficient (Wildman–Crippen LogP) is 2.87. The van der Waals surface area contributed by atoms with Crippen LogP contribution in [0, 0.1) is 0 Å². The third-order valence-electron chi connectivity index (χ3n) is 0. The first-order valence-electron chi connectivity index (χ1n) is 0. The first kappa shape index (κ1) is 507. The molecular weight excluding hydrogens is 159 g/mol. The van der Waals surface area contributed by atoms with Crippen molar-refractivity contribution in [2.75, 3.05) is 0 Å². The molecule has 8 N–H and O–H groups in total. The minimum atomic E-state index is 0. The van der Waals surface area contributed by atoms with E-state index in [1.54, 1.807) is 0 Å². The molecule has 0 radical (unpaired) electrons. The second kappa shape index (κ2) is 249. The number of nitrogens with two attached hydrogens (primary N) is 4. The van der Waals surface area contributed by atoms with Crippen LogP contribution < -0.4 is 0 Å². The largest absolute Gasteiger partial charge is 3.00 e. The van der Waals surface area contributed by atoms with E-state index < -0.39 is 0 Å². The fourth-order valence-corrected chi connectivity index (χ4v) is 0. The van der Waals surface area contributed by atoms with Crippen LogP contribution in [0.2, 0.25) is 0 Å². The van der Waals surface area contributed by atoms with Gasteiger partial charge in [0.1, 0.15) is 0 Å². The first-order chi connectivity index (χ1) is 0. The van der Waals surface area contributed by atoms with Crippen molar-refractivity contribution in [1.29, 1.82) is 0 Å². The van der Waals surface area contributed by atoms with E-state index in [0.717, 1.165) is 0 Å². The Morgan fingerprint density at radius 1 is 0.400 bits per heavy atom. The van der Waals surface area contributed by atoms with E-state index in [9.17, 15) is 0 Å². The van der Waals surface area contributed by atoms with Crippen molar-refractivity contribution in [2.24, 2.45) is 0 Å². The molecule has 0 rings (SSSR count). The van der Waals surface area contributed by atoms with Crippen LogP contribution in [0.25, 0.3) is 24.6 Å². The average Bonchev–Trinajstić information content (AvgIpc) is 0. The molecule has 0 aliphatic heterocycles. The Morgan fingerprint density at radius 3 is 0.400 bits per heavy atom. The van der Waals surface area contributed by atoms with Gasteiger partial charge in [0, 0.05) is 0 Å². The van der Waals surface area contributed by atoms with Crippen molar-refractivity contribution in [3.8, 4) is 0 Å². The molecule has 0 saturated carbocycles. The van der Waals surface area contributed by atoms with Crippen molar-refractivity contribution in [3.63, 3.8) is 0 Å². The van der Waals surface area contributed by atoms with Crippen LogP contribution in [0.3, 0.4) is 0 Å². The standard InChI is InChI=1S/4H2N.Rh/h4*1H2;/q4*-1;+3. The summed E-state index contributed by atoms with van der Waals surface area (Å²) in [6.45, 7) is 0. The minimum absolute atomic E-state index is 0. The van der Waals surface area contributed by atoms with Crippen LogP contribution in [-0.4, -0.2) is 0 Å². The zero-order valence-electron chi connectivity index (χ0n) is 2.64. The summed E-state index contributed by atoms with van der Waals surface area (Å²) < 4.78 is 0. The molecule has 38 valence electrons. The van der Waals surface area contributed by atoms with Gasteiger partial charge >= 0.3 is 19.5 Å². The molecule has 0 amide bonds. The van der Waals surface area contributed by atoms with E-state index >= 15 is 0 Å². The molecule has 5 heteroatoms. The Bertz CT molecular complexity index is 3.61. The minimum Gasteiger partial charge on any atom is -0.693 e. The summed E-state index contributed by atoms with van der Waals surface area (Å²) in [6.07, 6.45) is 0. The summed E-state index contributed by atoms with van der Waals surface area (Å²) in [5.74, 6) is 0. The molecule has 4 nitrogen and oxygen atoms in total. The molecule has 0 fully saturated rings. The second-order valence-electron chi connectivity index (χ2n) is 0. The third kappa shape index (κ3) is 126. The van der Waals surface area contributed by atoms with E-state index in [2.05, 4.69) is 0 Å². The van der Waals surface area contributed by atoms with Crippen LogP contribution in [0.1, 0.15) is 0 Å². The van der Waals surface area contributed by atoms with Crippen molar-refractivity contribution in [1.82, 2.24) is 0 Å². The Hall–Kier alpha value is 0.463. The predicted molar refractivity (Wildman–Crippen MR) is 21.1 cm³/mol. The van der Waals surface area contributed by atoms with Crippen molar-refractivity contribution < 1.29 is 19.5 Å². The molecule has 0 bridgehead atoms. The molecule has 0 aliphatic carbocycles. The first-order valence-corrected chi connectivity index (χ1v) is 0. The van der Waals surface area contributed by atoms with Gasteiger partial charge in [-0.05, 0) is 0 Å². The summed E-state index contributed by atoms with van der Waals surface area (Å²) in [5.41, 5.74) is 0. The summed E-state index contributed by atoms with van der Waals surface area (Å²) >= 11 is 0. The molecule has 0 spiro atoms. The van der Waals surface area contributed by atoms with Gasteiger partial charge in [0.25, 0.3) is 0 Å². The Balaban J connectivity index is 0. The van der Waals surface area contributed by atoms with Gasteiger partial charge in [-0.25, -0.2) is 0 Å². The topological polar surface area (TPSA) is 134 Å². The quantitative estimate of drug-likeness (QED) is 0.490.